The zero-order valence-electron chi connectivity index (χ0n) is 11.5. The maximum Gasteiger partial charge on any atom is 0.411 e. The summed E-state index contributed by atoms with van der Waals surface area (Å²) >= 11 is 0. The van der Waals surface area contributed by atoms with Crippen LogP contribution in [-0.2, 0) is 16.0 Å². The van der Waals surface area contributed by atoms with Gasteiger partial charge < -0.3 is 15.0 Å². The summed E-state index contributed by atoms with van der Waals surface area (Å²) in [7, 11) is 1.10. The molecule has 0 aliphatic heterocycles. The molecule has 0 saturated heterocycles. The fourth-order valence-electron chi connectivity index (χ4n) is 2.00. The van der Waals surface area contributed by atoms with Gasteiger partial charge >= 0.3 is 11.7 Å². The Morgan fingerprint density at radius 3 is 2.95 bits per heavy atom. The molecule has 2 aromatic rings. The van der Waals surface area contributed by atoms with Gasteiger partial charge in [-0.1, -0.05) is 18.2 Å². The van der Waals surface area contributed by atoms with Crippen LogP contribution in [0.5, 0.6) is 0 Å². The minimum absolute atomic E-state index is 0.468. The topological polar surface area (TPSA) is 97.3 Å². The van der Waals surface area contributed by atoms with Gasteiger partial charge in [0.05, 0.1) is 18.2 Å². The molecular weight excluding hydrogens is 274 g/mol. The molecule has 0 aliphatic carbocycles. The summed E-state index contributed by atoms with van der Waals surface area (Å²) in [5.41, 5.74) is 1.53. The minimum atomic E-state index is -0.973. The van der Waals surface area contributed by atoms with Crippen molar-refractivity contribution < 1.29 is 14.5 Å². The van der Waals surface area contributed by atoms with Gasteiger partial charge in [-0.2, -0.15) is 0 Å². The van der Waals surface area contributed by atoms with Crippen LogP contribution in [0.3, 0.4) is 0 Å². The highest BCUT2D eigenvalue weighted by Crippen LogP contribution is 2.17. The lowest BCUT2D eigenvalue weighted by Crippen LogP contribution is -2.18. The van der Waals surface area contributed by atoms with Gasteiger partial charge in [-0.15, -0.1) is 0 Å². The van der Waals surface area contributed by atoms with Gasteiger partial charge in [-0.25, -0.2) is 4.79 Å². The molecule has 2 rings (SSSR count). The first-order valence-corrected chi connectivity index (χ1v) is 6.34. The third kappa shape index (κ3) is 3.38. The Hall–Kier alpha value is -2.83. The Morgan fingerprint density at radius 1 is 1.48 bits per heavy atom. The molecule has 0 unspecified atom stereocenters. The number of aromatic nitrogens is 1. The highest BCUT2D eigenvalue weighted by Gasteiger charge is 2.22. The highest BCUT2D eigenvalue weighted by molar-refractivity contribution is 5.85. The van der Waals surface area contributed by atoms with Crippen molar-refractivity contribution in [2.75, 3.05) is 13.7 Å². The number of fused-ring (bicyclic) bond motifs is 1. The van der Waals surface area contributed by atoms with Crippen LogP contribution in [0.1, 0.15) is 5.56 Å². The lowest BCUT2D eigenvalue weighted by Gasteiger charge is -2.01. The number of para-hydroxylation sites is 1. The van der Waals surface area contributed by atoms with Gasteiger partial charge in [0.25, 0.3) is 0 Å². The molecule has 0 aliphatic rings. The SMILES string of the molecule is COC(=O)/C(=C/NCCc1c[nH]c2ccccc12)[N+](=O)[O-]. The van der Waals surface area contributed by atoms with Crippen LogP contribution >= 0.6 is 0 Å². The molecule has 0 radical (unpaired) electrons. The van der Waals surface area contributed by atoms with E-state index in [4.69, 9.17) is 0 Å². The summed E-state index contributed by atoms with van der Waals surface area (Å²) in [6.07, 6.45) is 3.65. The molecule has 7 heteroatoms. The number of aromatic amines is 1. The van der Waals surface area contributed by atoms with Crippen LogP contribution in [0.25, 0.3) is 10.9 Å². The second-order valence-corrected chi connectivity index (χ2v) is 4.34. The van der Waals surface area contributed by atoms with Crippen molar-refractivity contribution in [3.63, 3.8) is 0 Å². The monoisotopic (exact) mass is 289 g/mol. The van der Waals surface area contributed by atoms with Gasteiger partial charge in [-0.3, -0.25) is 10.1 Å². The van der Waals surface area contributed by atoms with Gasteiger partial charge in [-0.05, 0) is 18.1 Å². The van der Waals surface area contributed by atoms with Crippen LogP contribution in [0.15, 0.2) is 42.4 Å². The lowest BCUT2D eigenvalue weighted by atomic mass is 10.1. The number of carbonyl (C=O) groups is 1. The van der Waals surface area contributed by atoms with E-state index in [1.807, 2.05) is 30.5 Å². The number of methoxy groups -OCH3 is 1. The van der Waals surface area contributed by atoms with Gasteiger partial charge in [0, 0.05) is 23.6 Å². The van der Waals surface area contributed by atoms with Gasteiger partial charge in [0.1, 0.15) is 0 Å². The smallest absolute Gasteiger partial charge is 0.411 e. The number of benzene rings is 1. The molecular formula is C14H15N3O4. The molecule has 1 aromatic heterocycles. The normalized spacial score (nSPS) is 11.4. The van der Waals surface area contributed by atoms with Crippen LogP contribution in [0.4, 0.5) is 0 Å². The number of hydrogen-bond donors (Lipinski definition) is 2. The molecule has 21 heavy (non-hydrogen) atoms. The number of nitrogens with one attached hydrogen (secondary N) is 2. The van der Waals surface area contributed by atoms with Crippen molar-refractivity contribution >= 4 is 16.9 Å². The predicted molar refractivity (Wildman–Crippen MR) is 77.1 cm³/mol. The summed E-state index contributed by atoms with van der Waals surface area (Å²) < 4.78 is 4.34. The second-order valence-electron chi connectivity index (χ2n) is 4.34. The molecule has 7 nitrogen and oxygen atoms in total. The fourth-order valence-corrected chi connectivity index (χ4v) is 2.00. The van der Waals surface area contributed by atoms with Crippen molar-refractivity contribution in [2.45, 2.75) is 6.42 Å². The Kier molecular flexibility index (Phi) is 4.55. The van der Waals surface area contributed by atoms with E-state index in [1.54, 1.807) is 0 Å². The third-order valence-electron chi connectivity index (χ3n) is 3.04. The number of rotatable bonds is 6. The van der Waals surface area contributed by atoms with E-state index in [9.17, 15) is 14.9 Å². The highest BCUT2D eigenvalue weighted by atomic mass is 16.6. The molecule has 0 bridgehead atoms. The Bertz CT molecular complexity index is 690. The van der Waals surface area contributed by atoms with E-state index in [-0.39, 0.29) is 0 Å². The van der Waals surface area contributed by atoms with Crippen LogP contribution < -0.4 is 5.32 Å². The molecule has 0 saturated carbocycles. The predicted octanol–water partition coefficient (Wildman–Crippen LogP) is 1.59. The first kappa shape index (κ1) is 14.6. The Morgan fingerprint density at radius 2 is 2.24 bits per heavy atom. The van der Waals surface area contributed by atoms with E-state index in [2.05, 4.69) is 15.0 Å². The molecule has 0 fully saturated rings. The fraction of sp³-hybridized carbons (Fsp3) is 0.214. The summed E-state index contributed by atoms with van der Waals surface area (Å²) in [5.74, 6) is -0.973. The number of ether oxygens (including phenoxy) is 1. The van der Waals surface area contributed by atoms with E-state index >= 15 is 0 Å². The quantitative estimate of drug-likeness (QED) is 0.277. The Balaban J connectivity index is 1.98. The molecule has 1 aromatic carbocycles. The number of esters is 1. The average Bonchev–Trinajstić information content (AvgIpc) is 2.89. The molecule has 2 N–H and O–H groups in total. The molecule has 0 atom stereocenters. The first-order chi connectivity index (χ1) is 10.1. The van der Waals surface area contributed by atoms with E-state index < -0.39 is 16.6 Å². The second kappa shape index (κ2) is 6.56. The summed E-state index contributed by atoms with van der Waals surface area (Å²) in [6, 6.07) is 7.89. The molecule has 1 heterocycles. The third-order valence-corrected chi connectivity index (χ3v) is 3.04. The lowest BCUT2D eigenvalue weighted by molar-refractivity contribution is -0.421. The van der Waals surface area contributed by atoms with Crippen molar-refractivity contribution in [3.05, 3.63) is 58.0 Å². The van der Waals surface area contributed by atoms with Crippen molar-refractivity contribution in [2.24, 2.45) is 0 Å². The number of nitro groups is 1. The average molecular weight is 289 g/mol. The zero-order chi connectivity index (χ0) is 15.2. The molecule has 0 amide bonds. The van der Waals surface area contributed by atoms with Crippen molar-refractivity contribution in [1.82, 2.24) is 10.3 Å². The number of H-pyrrole nitrogens is 1. The summed E-state index contributed by atoms with van der Waals surface area (Å²) in [4.78, 5) is 24.2. The first-order valence-electron chi connectivity index (χ1n) is 6.34. The largest absolute Gasteiger partial charge is 0.461 e. The number of nitrogens with zero attached hydrogens (tertiary/aromatic N) is 1. The van der Waals surface area contributed by atoms with Crippen molar-refractivity contribution in [1.29, 1.82) is 0 Å². The maximum absolute atomic E-state index is 11.2. The maximum atomic E-state index is 11.2. The minimum Gasteiger partial charge on any atom is -0.461 e. The van der Waals surface area contributed by atoms with Gasteiger partial charge in [0.15, 0.2) is 0 Å². The van der Waals surface area contributed by atoms with Gasteiger partial charge in [0.2, 0.25) is 0 Å². The van der Waals surface area contributed by atoms with Crippen LogP contribution in [0.2, 0.25) is 0 Å². The number of carbonyl (C=O) groups excluding carboxylic acids is 1. The van der Waals surface area contributed by atoms with E-state index in [1.165, 1.54) is 0 Å². The van der Waals surface area contributed by atoms with E-state index in [0.29, 0.717) is 13.0 Å². The Labute approximate surface area is 120 Å². The molecule has 110 valence electrons. The number of hydrogen-bond acceptors (Lipinski definition) is 5. The van der Waals surface area contributed by atoms with Crippen molar-refractivity contribution in [3.8, 4) is 0 Å². The standard InChI is InChI=1S/C14H15N3O4/c1-21-14(18)13(17(19)20)9-15-7-6-10-8-16-12-5-3-2-4-11(10)12/h2-5,8-9,15-16H,6-7H2,1H3/b13-9-. The van der Waals surface area contributed by atoms with Crippen LogP contribution in [0, 0.1) is 10.1 Å². The van der Waals surface area contributed by atoms with E-state index in [0.717, 1.165) is 29.8 Å². The summed E-state index contributed by atoms with van der Waals surface area (Å²) in [5, 5.41) is 14.6. The molecule has 0 spiro atoms. The van der Waals surface area contributed by atoms with Crippen LogP contribution in [-0.4, -0.2) is 29.5 Å². The zero-order valence-corrected chi connectivity index (χ0v) is 11.5. The summed E-state index contributed by atoms with van der Waals surface area (Å²) in [6.45, 7) is 0.468.